The molecule has 2 heterocycles. The van der Waals surface area contributed by atoms with Gasteiger partial charge in [-0.1, -0.05) is 0 Å². The fraction of sp³-hybridized carbons (Fsp3) is 0.500. The number of hydrogen-bond donors (Lipinski definition) is 3. The van der Waals surface area contributed by atoms with Crippen LogP contribution in [0.5, 0.6) is 5.75 Å². The van der Waals surface area contributed by atoms with Gasteiger partial charge >= 0.3 is 5.97 Å². The van der Waals surface area contributed by atoms with Crippen molar-refractivity contribution in [1.29, 1.82) is 0 Å². The maximum atomic E-state index is 15.2. The van der Waals surface area contributed by atoms with Gasteiger partial charge in [-0.15, -0.1) is 10.1 Å². The third-order valence-electron chi connectivity index (χ3n) is 5.72. The van der Waals surface area contributed by atoms with E-state index in [-0.39, 0.29) is 23.0 Å². The van der Waals surface area contributed by atoms with E-state index in [9.17, 15) is 14.7 Å². The van der Waals surface area contributed by atoms with Crippen LogP contribution in [0.2, 0.25) is 0 Å². The zero-order valence-corrected chi connectivity index (χ0v) is 17.7. The highest BCUT2D eigenvalue weighted by Crippen LogP contribution is 2.44. The first-order valence-corrected chi connectivity index (χ1v) is 10.1. The molecule has 3 N–H and O–H groups in total. The van der Waals surface area contributed by atoms with Gasteiger partial charge in [-0.2, -0.15) is 0 Å². The summed E-state index contributed by atoms with van der Waals surface area (Å²) in [6, 6.07) is 1.51. The molecule has 2 aromatic rings. The molecule has 4 rings (SSSR count). The number of rotatable bonds is 5. The molecule has 174 valence electrons. The number of methoxy groups -OCH3 is 1. The summed E-state index contributed by atoms with van der Waals surface area (Å²) >= 11 is 0. The molecule has 1 aromatic carbocycles. The maximum Gasteiger partial charge on any atom is 0.341 e. The largest absolute Gasteiger partial charge is 0.492 e. The molecule has 1 saturated heterocycles. The van der Waals surface area contributed by atoms with Crippen LogP contribution in [0.25, 0.3) is 10.9 Å². The number of piperidine rings is 1. The van der Waals surface area contributed by atoms with Crippen LogP contribution in [0.3, 0.4) is 0 Å². The average molecular weight is 452 g/mol. The van der Waals surface area contributed by atoms with Crippen LogP contribution in [-0.4, -0.2) is 59.2 Å². The fourth-order valence-electron chi connectivity index (χ4n) is 4.14. The monoisotopic (exact) mass is 452 g/mol. The van der Waals surface area contributed by atoms with Gasteiger partial charge < -0.3 is 29.8 Å². The van der Waals surface area contributed by atoms with Crippen LogP contribution in [0, 0.1) is 15.9 Å². The van der Waals surface area contributed by atoms with Gasteiger partial charge in [0, 0.05) is 31.4 Å². The highest BCUT2D eigenvalue weighted by Gasteiger charge is 2.32. The van der Waals surface area contributed by atoms with Crippen molar-refractivity contribution < 1.29 is 29.3 Å². The first-order valence-electron chi connectivity index (χ1n) is 10.1. The van der Waals surface area contributed by atoms with Crippen LogP contribution in [0.1, 0.15) is 42.1 Å². The summed E-state index contributed by atoms with van der Waals surface area (Å²) in [6.45, 7) is 1.33. The van der Waals surface area contributed by atoms with Gasteiger partial charge in [0.1, 0.15) is 11.3 Å². The van der Waals surface area contributed by atoms with Crippen molar-refractivity contribution in [3.63, 3.8) is 0 Å². The smallest absolute Gasteiger partial charge is 0.341 e. The number of carboxylic acids is 1. The minimum atomic E-state index is -1.50. The average Bonchev–Trinajstić information content (AvgIpc) is 3.58. The molecule has 1 saturated carbocycles. The number of hydrogen-bond acceptors (Lipinski definition) is 7. The van der Waals surface area contributed by atoms with Gasteiger partial charge in [-0.05, 0) is 38.8 Å². The summed E-state index contributed by atoms with van der Waals surface area (Å²) in [7, 11) is 3.35. The zero-order chi connectivity index (χ0) is 23.6. The van der Waals surface area contributed by atoms with E-state index in [1.807, 2.05) is 11.9 Å². The Morgan fingerprint density at radius 3 is 2.56 bits per heavy atom. The topological polar surface area (TPSA) is 147 Å². The lowest BCUT2D eigenvalue weighted by atomic mass is 10.0. The summed E-state index contributed by atoms with van der Waals surface area (Å²) < 4.78 is 22.6. The van der Waals surface area contributed by atoms with Crippen molar-refractivity contribution in [2.75, 3.05) is 32.1 Å². The lowest BCUT2D eigenvalue weighted by Crippen LogP contribution is -2.45. The number of carbonyl (C=O) groups is 1. The molecule has 1 aliphatic carbocycles. The molecule has 0 bridgehead atoms. The standard InChI is InChI=1S/C20H24FN3O4.HNO3/c1-22-11-4-3-7-23(9-11)17-15(21)8-13-16(19(17)28-2)24(12-5-6-12)10-14(18(13)25)20(26)27;2-1(3)4/h8,10-12,22H,3-7,9H2,1-2H3,(H,26,27);(H,2,3,4). The first kappa shape index (κ1) is 23.3. The Hall–Kier alpha value is -3.41. The van der Waals surface area contributed by atoms with Crippen molar-refractivity contribution in [3.05, 3.63) is 44.0 Å². The molecule has 1 unspecified atom stereocenters. The fourth-order valence-corrected chi connectivity index (χ4v) is 4.14. The molecule has 0 spiro atoms. The van der Waals surface area contributed by atoms with E-state index in [0.717, 1.165) is 25.7 Å². The Bertz CT molecular complexity index is 1100. The van der Waals surface area contributed by atoms with E-state index < -0.39 is 22.3 Å². The molecule has 32 heavy (non-hydrogen) atoms. The Morgan fingerprint density at radius 2 is 2.03 bits per heavy atom. The molecule has 2 fully saturated rings. The maximum absolute atomic E-state index is 15.2. The van der Waals surface area contributed by atoms with Crippen molar-refractivity contribution in [3.8, 4) is 5.75 Å². The summed E-state index contributed by atoms with van der Waals surface area (Å²) in [5.74, 6) is -1.58. The van der Waals surface area contributed by atoms with E-state index in [4.69, 9.17) is 20.1 Å². The number of halogens is 1. The van der Waals surface area contributed by atoms with Crippen molar-refractivity contribution in [2.45, 2.75) is 37.8 Å². The predicted octanol–water partition coefficient (Wildman–Crippen LogP) is 2.02. The van der Waals surface area contributed by atoms with E-state index >= 15 is 4.39 Å². The normalized spacial score (nSPS) is 18.1. The third kappa shape index (κ3) is 4.59. The van der Waals surface area contributed by atoms with Crippen molar-refractivity contribution >= 4 is 22.6 Å². The van der Waals surface area contributed by atoms with Gasteiger partial charge in [0.15, 0.2) is 11.6 Å². The quantitative estimate of drug-likeness (QED) is 0.458. The van der Waals surface area contributed by atoms with Gasteiger partial charge in [-0.3, -0.25) is 4.79 Å². The number of anilines is 1. The molecule has 0 amide bonds. The molecule has 0 radical (unpaired) electrons. The van der Waals surface area contributed by atoms with E-state index in [1.54, 1.807) is 4.57 Å². The Balaban J connectivity index is 0.000000668. The number of ether oxygens (including phenoxy) is 1. The van der Waals surface area contributed by atoms with Crippen LogP contribution >= 0.6 is 0 Å². The molecular formula is C20H25FN4O7. The van der Waals surface area contributed by atoms with Gasteiger partial charge in [0.25, 0.3) is 5.09 Å². The molecule has 11 nitrogen and oxygen atoms in total. The van der Waals surface area contributed by atoms with Crippen LogP contribution < -0.4 is 20.4 Å². The second-order valence-electron chi connectivity index (χ2n) is 7.76. The number of carboxylic acid groups (broad SMARTS) is 1. The molecule has 1 aliphatic heterocycles. The Labute approximate surface area is 182 Å². The lowest BCUT2D eigenvalue weighted by Gasteiger charge is -2.35. The minimum Gasteiger partial charge on any atom is -0.492 e. The van der Waals surface area contributed by atoms with Gasteiger partial charge in [0.05, 0.1) is 18.0 Å². The predicted molar refractivity (Wildman–Crippen MR) is 113 cm³/mol. The first-order chi connectivity index (χ1) is 15.2. The number of nitrogens with one attached hydrogen (secondary N) is 1. The summed E-state index contributed by atoms with van der Waals surface area (Å²) in [4.78, 5) is 34.6. The van der Waals surface area contributed by atoms with E-state index in [1.165, 1.54) is 19.4 Å². The number of likely N-dealkylation sites (N-methyl/N-ethyl adjacent to an activating group) is 1. The van der Waals surface area contributed by atoms with Gasteiger partial charge in [0.2, 0.25) is 5.43 Å². The lowest BCUT2D eigenvalue weighted by molar-refractivity contribution is -0.742. The molecular weight excluding hydrogens is 427 g/mol. The molecule has 12 heteroatoms. The number of aromatic carboxylic acids is 1. The summed E-state index contributed by atoms with van der Waals surface area (Å²) in [6.07, 6.45) is 5.08. The van der Waals surface area contributed by atoms with Crippen LogP contribution in [0.4, 0.5) is 10.1 Å². The third-order valence-corrected chi connectivity index (χ3v) is 5.72. The zero-order valence-electron chi connectivity index (χ0n) is 17.7. The van der Waals surface area contributed by atoms with Gasteiger partial charge in [-0.25, -0.2) is 9.18 Å². The number of fused-ring (bicyclic) bond motifs is 1. The number of benzene rings is 1. The van der Waals surface area contributed by atoms with Crippen LogP contribution in [-0.2, 0) is 0 Å². The second-order valence-corrected chi connectivity index (χ2v) is 7.76. The van der Waals surface area contributed by atoms with E-state index in [2.05, 4.69) is 5.32 Å². The van der Waals surface area contributed by atoms with Crippen LogP contribution in [0.15, 0.2) is 17.1 Å². The highest BCUT2D eigenvalue weighted by molar-refractivity contribution is 5.97. The van der Waals surface area contributed by atoms with Crippen molar-refractivity contribution in [2.24, 2.45) is 0 Å². The summed E-state index contributed by atoms with van der Waals surface area (Å²) in [5, 5.41) is 26.3. The Kier molecular flexibility index (Phi) is 6.82. The highest BCUT2D eigenvalue weighted by atomic mass is 19.1. The second kappa shape index (κ2) is 9.39. The number of nitrogens with zero attached hydrogens (tertiary/aromatic N) is 3. The molecule has 2 aliphatic rings. The minimum absolute atomic E-state index is 0.0482. The van der Waals surface area contributed by atoms with Crippen molar-refractivity contribution in [1.82, 2.24) is 9.88 Å². The van der Waals surface area contributed by atoms with E-state index in [0.29, 0.717) is 30.0 Å². The molecule has 1 aromatic heterocycles. The Morgan fingerprint density at radius 1 is 1.38 bits per heavy atom. The SMILES string of the molecule is CNC1CCCN(c2c(F)cc3c(=O)c(C(=O)O)cn(C4CC4)c3c2OC)C1.O=[N+]([O-])O. The summed E-state index contributed by atoms with van der Waals surface area (Å²) in [5.41, 5.74) is -0.216. The molecule has 1 atom stereocenters. The number of aromatic nitrogens is 1. The number of pyridine rings is 1.